The van der Waals surface area contributed by atoms with Gasteiger partial charge in [0.1, 0.15) is 0 Å². The molecule has 0 aliphatic carbocycles. The zero-order valence-electron chi connectivity index (χ0n) is 16.4. The molecule has 5 heteroatoms. The third kappa shape index (κ3) is 3.50. The van der Waals surface area contributed by atoms with Crippen LogP contribution in [0.4, 0.5) is 0 Å². The number of piperidine rings is 1. The van der Waals surface area contributed by atoms with Crippen molar-refractivity contribution in [1.29, 1.82) is 0 Å². The number of amides is 2. The number of hydrogen-bond donors (Lipinski definition) is 0. The largest absolute Gasteiger partial charge is 0.381 e. The molecule has 2 amide bonds. The maximum absolute atomic E-state index is 13.1. The van der Waals surface area contributed by atoms with E-state index in [1.807, 2.05) is 41.8 Å². The van der Waals surface area contributed by atoms with Crippen LogP contribution in [0.5, 0.6) is 0 Å². The minimum Gasteiger partial charge on any atom is -0.381 e. The number of nitrogens with zero attached hydrogens (tertiary/aromatic N) is 2. The molecule has 0 bridgehead atoms. The second-order valence-electron chi connectivity index (χ2n) is 7.90. The first kappa shape index (κ1) is 18.9. The third-order valence-corrected chi connectivity index (χ3v) is 6.21. The zero-order valence-corrected chi connectivity index (χ0v) is 16.4. The number of benzene rings is 1. The van der Waals surface area contributed by atoms with Crippen LogP contribution in [0.2, 0.25) is 0 Å². The van der Waals surface area contributed by atoms with Gasteiger partial charge in [-0.1, -0.05) is 6.07 Å². The molecular weight excluding hydrogens is 328 g/mol. The van der Waals surface area contributed by atoms with Crippen molar-refractivity contribution in [1.82, 2.24) is 9.80 Å². The first-order valence-electron chi connectivity index (χ1n) is 9.56. The first-order chi connectivity index (χ1) is 12.4. The van der Waals surface area contributed by atoms with Crippen molar-refractivity contribution in [2.45, 2.75) is 34.1 Å². The van der Waals surface area contributed by atoms with Gasteiger partial charge in [0, 0.05) is 56.6 Å². The molecule has 1 aromatic carbocycles. The molecule has 3 rings (SSSR count). The van der Waals surface area contributed by atoms with Gasteiger partial charge in [0.05, 0.1) is 6.61 Å². The Hall–Kier alpha value is -1.88. The fourth-order valence-corrected chi connectivity index (χ4v) is 4.32. The molecule has 2 aliphatic heterocycles. The third-order valence-electron chi connectivity index (χ3n) is 6.21. The molecule has 2 atom stereocenters. The molecule has 26 heavy (non-hydrogen) atoms. The van der Waals surface area contributed by atoms with Crippen LogP contribution in [0, 0.1) is 25.2 Å². The molecule has 5 nitrogen and oxygen atoms in total. The normalized spacial score (nSPS) is 25.3. The average molecular weight is 358 g/mol. The summed E-state index contributed by atoms with van der Waals surface area (Å²) in [6, 6.07) is 5.92. The molecule has 0 spiro atoms. The van der Waals surface area contributed by atoms with E-state index in [2.05, 4.69) is 6.92 Å². The molecule has 2 aliphatic rings. The van der Waals surface area contributed by atoms with Crippen molar-refractivity contribution in [3.8, 4) is 0 Å². The van der Waals surface area contributed by atoms with Crippen LogP contribution in [-0.2, 0) is 9.53 Å². The van der Waals surface area contributed by atoms with E-state index in [1.165, 1.54) is 5.56 Å². The molecule has 2 saturated heterocycles. The lowest BCUT2D eigenvalue weighted by atomic mass is 9.73. The van der Waals surface area contributed by atoms with Gasteiger partial charge in [0.15, 0.2) is 0 Å². The number of ether oxygens (including phenoxy) is 1. The second-order valence-corrected chi connectivity index (χ2v) is 7.90. The molecule has 0 aromatic heterocycles. The van der Waals surface area contributed by atoms with Gasteiger partial charge in [0.25, 0.3) is 5.91 Å². The lowest BCUT2D eigenvalue weighted by Crippen LogP contribution is -2.50. The molecule has 142 valence electrons. The van der Waals surface area contributed by atoms with Gasteiger partial charge in [0.2, 0.25) is 5.91 Å². The topological polar surface area (TPSA) is 49.9 Å². The smallest absolute Gasteiger partial charge is 0.253 e. The van der Waals surface area contributed by atoms with Gasteiger partial charge >= 0.3 is 0 Å². The Bertz CT molecular complexity index is 702. The number of rotatable bonds is 4. The predicted octanol–water partition coefficient (Wildman–Crippen LogP) is 2.65. The van der Waals surface area contributed by atoms with Crippen molar-refractivity contribution in [3.63, 3.8) is 0 Å². The predicted molar refractivity (Wildman–Crippen MR) is 101 cm³/mol. The number of aryl methyl sites for hydroxylation is 2. The van der Waals surface area contributed by atoms with Crippen LogP contribution < -0.4 is 0 Å². The van der Waals surface area contributed by atoms with Gasteiger partial charge in [-0.25, -0.2) is 0 Å². The fraction of sp³-hybridized carbons (Fsp3) is 0.619. The van der Waals surface area contributed by atoms with Crippen molar-refractivity contribution >= 4 is 11.8 Å². The van der Waals surface area contributed by atoms with Crippen LogP contribution >= 0.6 is 0 Å². The number of carbonyl (C=O) groups is 2. The van der Waals surface area contributed by atoms with E-state index >= 15 is 0 Å². The minimum absolute atomic E-state index is 0.0304. The molecular formula is C21H30N2O3. The number of likely N-dealkylation sites (tertiary alicyclic amines) is 2. The summed E-state index contributed by atoms with van der Waals surface area (Å²) in [4.78, 5) is 28.8. The summed E-state index contributed by atoms with van der Waals surface area (Å²) in [5.41, 5.74) is 3.06. The minimum atomic E-state index is -0.0304. The van der Waals surface area contributed by atoms with Crippen LogP contribution in [0.25, 0.3) is 0 Å². The van der Waals surface area contributed by atoms with E-state index in [1.54, 1.807) is 6.92 Å². The lowest BCUT2D eigenvalue weighted by molar-refractivity contribution is -0.133. The molecule has 0 saturated carbocycles. The van der Waals surface area contributed by atoms with Crippen LogP contribution in [0.3, 0.4) is 0 Å². The number of hydrogen-bond acceptors (Lipinski definition) is 3. The van der Waals surface area contributed by atoms with E-state index in [4.69, 9.17) is 4.74 Å². The molecule has 0 N–H and O–H groups in total. The van der Waals surface area contributed by atoms with Crippen LogP contribution in [0.1, 0.15) is 41.8 Å². The van der Waals surface area contributed by atoms with Gasteiger partial charge in [-0.05, 0) is 50.5 Å². The van der Waals surface area contributed by atoms with Crippen molar-refractivity contribution in [3.05, 3.63) is 34.9 Å². The molecule has 2 unspecified atom stereocenters. The van der Waals surface area contributed by atoms with E-state index in [0.717, 1.165) is 37.2 Å². The zero-order chi connectivity index (χ0) is 18.9. The Balaban J connectivity index is 1.81. The second kappa shape index (κ2) is 7.39. The van der Waals surface area contributed by atoms with Crippen LogP contribution in [0.15, 0.2) is 18.2 Å². The average Bonchev–Trinajstić information content (AvgIpc) is 3.00. The molecule has 2 heterocycles. The van der Waals surface area contributed by atoms with Gasteiger partial charge < -0.3 is 14.5 Å². The van der Waals surface area contributed by atoms with Gasteiger partial charge in [-0.2, -0.15) is 0 Å². The summed E-state index contributed by atoms with van der Waals surface area (Å²) in [6.07, 6.45) is 0.897. The lowest BCUT2D eigenvalue weighted by Gasteiger charge is -2.42. The Labute approximate surface area is 156 Å². The van der Waals surface area contributed by atoms with E-state index in [-0.39, 0.29) is 23.1 Å². The first-order valence-corrected chi connectivity index (χ1v) is 9.56. The van der Waals surface area contributed by atoms with Crippen molar-refractivity contribution in [2.24, 2.45) is 11.3 Å². The molecule has 0 radical (unpaired) electrons. The summed E-state index contributed by atoms with van der Waals surface area (Å²) in [6.45, 7) is 12.0. The van der Waals surface area contributed by atoms with E-state index in [9.17, 15) is 9.59 Å². The monoisotopic (exact) mass is 358 g/mol. The highest BCUT2D eigenvalue weighted by atomic mass is 16.5. The fourth-order valence-electron chi connectivity index (χ4n) is 4.32. The molecule has 2 fully saturated rings. The highest BCUT2D eigenvalue weighted by molar-refractivity contribution is 5.94. The number of carbonyl (C=O) groups excluding carboxylic acids is 2. The Morgan fingerprint density at radius 3 is 2.58 bits per heavy atom. The summed E-state index contributed by atoms with van der Waals surface area (Å²) >= 11 is 0. The quantitative estimate of drug-likeness (QED) is 0.831. The number of fused-ring (bicyclic) bond motifs is 1. The maximum Gasteiger partial charge on any atom is 0.253 e. The summed E-state index contributed by atoms with van der Waals surface area (Å²) in [7, 11) is 0. The highest BCUT2D eigenvalue weighted by Crippen LogP contribution is 2.43. The standard InChI is InChI=1S/C21H30N2O3/c1-5-26-14-21-8-9-22(17(4)24)11-19(21)12-23(13-21)20(25)18-7-6-15(2)16(3)10-18/h6-7,10,19H,5,8-9,11-14H2,1-4H3. The van der Waals surface area contributed by atoms with Crippen LogP contribution in [-0.4, -0.2) is 61.0 Å². The Morgan fingerprint density at radius 1 is 1.19 bits per heavy atom. The van der Waals surface area contributed by atoms with Crippen molar-refractivity contribution in [2.75, 3.05) is 39.4 Å². The summed E-state index contributed by atoms with van der Waals surface area (Å²) < 4.78 is 5.80. The van der Waals surface area contributed by atoms with E-state index in [0.29, 0.717) is 19.8 Å². The van der Waals surface area contributed by atoms with Gasteiger partial charge in [-0.3, -0.25) is 9.59 Å². The molecule has 1 aromatic rings. The SMILES string of the molecule is CCOCC12CCN(C(C)=O)CC1CN(C(=O)c1ccc(C)c(C)c1)C2. The Morgan fingerprint density at radius 2 is 1.92 bits per heavy atom. The van der Waals surface area contributed by atoms with E-state index < -0.39 is 0 Å². The summed E-state index contributed by atoms with van der Waals surface area (Å²) in [5, 5.41) is 0. The highest BCUT2D eigenvalue weighted by Gasteiger charge is 2.51. The van der Waals surface area contributed by atoms with Crippen molar-refractivity contribution < 1.29 is 14.3 Å². The summed E-state index contributed by atoms with van der Waals surface area (Å²) in [5.74, 6) is 0.490. The maximum atomic E-state index is 13.1. The van der Waals surface area contributed by atoms with Gasteiger partial charge in [-0.15, -0.1) is 0 Å². The Kier molecular flexibility index (Phi) is 5.37.